The summed E-state index contributed by atoms with van der Waals surface area (Å²) in [4.78, 5) is 11.3. The maximum absolute atomic E-state index is 11.3. The molecule has 1 saturated carbocycles. The van der Waals surface area contributed by atoms with E-state index in [-0.39, 0.29) is 23.4 Å². The van der Waals surface area contributed by atoms with E-state index in [9.17, 15) is 4.79 Å². The van der Waals surface area contributed by atoms with E-state index in [1.165, 1.54) is 19.8 Å². The number of rotatable bonds is 3. The van der Waals surface area contributed by atoms with Crippen LogP contribution in [0.4, 0.5) is 0 Å². The molecule has 0 bridgehead atoms. The molecule has 3 heteroatoms. The van der Waals surface area contributed by atoms with Gasteiger partial charge in [-0.3, -0.25) is 4.79 Å². The molecule has 0 amide bonds. The van der Waals surface area contributed by atoms with E-state index in [0.29, 0.717) is 0 Å². The van der Waals surface area contributed by atoms with Crippen molar-refractivity contribution in [2.24, 2.45) is 5.92 Å². The molecule has 2 rings (SSSR count). The Morgan fingerprint density at radius 1 is 1.28 bits per heavy atom. The summed E-state index contributed by atoms with van der Waals surface area (Å²) < 4.78 is 5.52. The van der Waals surface area contributed by atoms with Crippen molar-refractivity contribution >= 4 is 17.6 Å². The molecule has 1 aliphatic rings. The fraction of sp³-hybridized carbons (Fsp3) is 0.533. The number of hydrogen-bond acceptors (Lipinski definition) is 2. The zero-order valence-electron chi connectivity index (χ0n) is 10.6. The van der Waals surface area contributed by atoms with Gasteiger partial charge in [-0.15, -0.1) is 11.6 Å². The van der Waals surface area contributed by atoms with Gasteiger partial charge in [0, 0.05) is 18.2 Å². The summed E-state index contributed by atoms with van der Waals surface area (Å²) in [5.74, 6) is -0.00925. The summed E-state index contributed by atoms with van der Waals surface area (Å²) in [6.45, 7) is 1.46. The van der Waals surface area contributed by atoms with Crippen LogP contribution in [-0.4, -0.2) is 11.3 Å². The standard InChI is InChI=1S/C15H19ClO2/c1-11(17)18-15(12-7-3-2-4-8-12)13-9-5-6-10-14(13)16/h2-4,7-8,13-15H,5-6,9-10H2,1H3/t13-,14-,15-/m0/s1. The Hall–Kier alpha value is -1.02. The first kappa shape index (κ1) is 13.4. The molecule has 1 aliphatic carbocycles. The van der Waals surface area contributed by atoms with Crippen LogP contribution in [-0.2, 0) is 9.53 Å². The van der Waals surface area contributed by atoms with Crippen molar-refractivity contribution in [3.05, 3.63) is 35.9 Å². The maximum atomic E-state index is 11.3. The van der Waals surface area contributed by atoms with Crippen molar-refractivity contribution in [3.8, 4) is 0 Å². The zero-order chi connectivity index (χ0) is 13.0. The molecule has 0 heterocycles. The van der Waals surface area contributed by atoms with Crippen LogP contribution < -0.4 is 0 Å². The number of alkyl halides is 1. The minimum atomic E-state index is -0.238. The first-order chi connectivity index (χ1) is 8.68. The van der Waals surface area contributed by atoms with Crippen molar-refractivity contribution in [1.82, 2.24) is 0 Å². The van der Waals surface area contributed by atoms with Gasteiger partial charge >= 0.3 is 5.97 Å². The molecule has 0 aliphatic heterocycles. The van der Waals surface area contributed by atoms with E-state index in [1.54, 1.807) is 0 Å². The predicted molar refractivity (Wildman–Crippen MR) is 72.5 cm³/mol. The first-order valence-corrected chi connectivity index (χ1v) is 6.98. The van der Waals surface area contributed by atoms with Crippen LogP contribution in [0.2, 0.25) is 0 Å². The lowest BCUT2D eigenvalue weighted by Gasteiger charge is -2.33. The fourth-order valence-corrected chi connectivity index (χ4v) is 3.09. The highest BCUT2D eigenvalue weighted by Crippen LogP contribution is 2.39. The third-order valence-corrected chi connectivity index (χ3v) is 4.08. The number of esters is 1. The highest BCUT2D eigenvalue weighted by molar-refractivity contribution is 6.20. The van der Waals surface area contributed by atoms with Crippen molar-refractivity contribution in [3.63, 3.8) is 0 Å². The molecule has 0 saturated heterocycles. The van der Waals surface area contributed by atoms with Crippen LogP contribution >= 0.6 is 11.6 Å². The van der Waals surface area contributed by atoms with E-state index in [4.69, 9.17) is 16.3 Å². The van der Waals surface area contributed by atoms with Crippen LogP contribution in [0.15, 0.2) is 30.3 Å². The fourth-order valence-electron chi connectivity index (χ4n) is 2.68. The Labute approximate surface area is 113 Å². The van der Waals surface area contributed by atoms with Gasteiger partial charge in [0.1, 0.15) is 6.10 Å². The van der Waals surface area contributed by atoms with E-state index in [1.807, 2.05) is 30.3 Å². The average Bonchev–Trinajstić information content (AvgIpc) is 2.38. The van der Waals surface area contributed by atoms with E-state index >= 15 is 0 Å². The quantitative estimate of drug-likeness (QED) is 0.608. The maximum Gasteiger partial charge on any atom is 0.303 e. The van der Waals surface area contributed by atoms with Gasteiger partial charge in [0.15, 0.2) is 0 Å². The summed E-state index contributed by atoms with van der Waals surface area (Å²) in [7, 11) is 0. The summed E-state index contributed by atoms with van der Waals surface area (Å²) >= 11 is 6.42. The molecule has 0 aromatic heterocycles. The highest BCUT2D eigenvalue weighted by atomic mass is 35.5. The normalized spacial score (nSPS) is 25.4. The average molecular weight is 267 g/mol. The molecule has 98 valence electrons. The molecule has 0 spiro atoms. The van der Waals surface area contributed by atoms with Crippen LogP contribution in [0.1, 0.15) is 44.3 Å². The van der Waals surface area contributed by atoms with Gasteiger partial charge < -0.3 is 4.74 Å². The summed E-state index contributed by atoms with van der Waals surface area (Å²) in [6.07, 6.45) is 4.18. The molecular weight excluding hydrogens is 248 g/mol. The second-order valence-electron chi connectivity index (χ2n) is 4.91. The monoisotopic (exact) mass is 266 g/mol. The minimum absolute atomic E-state index is 0.100. The van der Waals surface area contributed by atoms with Gasteiger partial charge in [-0.1, -0.05) is 43.2 Å². The van der Waals surface area contributed by atoms with Crippen LogP contribution in [0.25, 0.3) is 0 Å². The molecule has 1 aromatic carbocycles. The van der Waals surface area contributed by atoms with E-state index < -0.39 is 0 Å². The molecule has 0 N–H and O–H groups in total. The van der Waals surface area contributed by atoms with Crippen molar-refractivity contribution < 1.29 is 9.53 Å². The van der Waals surface area contributed by atoms with Crippen LogP contribution in [0.5, 0.6) is 0 Å². The lowest BCUT2D eigenvalue weighted by molar-refractivity contribution is -0.150. The molecular formula is C15H19ClO2. The van der Waals surface area contributed by atoms with Crippen molar-refractivity contribution in [2.45, 2.75) is 44.1 Å². The van der Waals surface area contributed by atoms with Crippen molar-refractivity contribution in [2.75, 3.05) is 0 Å². The molecule has 0 unspecified atom stereocenters. The summed E-state index contributed by atoms with van der Waals surface area (Å²) in [5.41, 5.74) is 1.05. The zero-order valence-corrected chi connectivity index (χ0v) is 11.4. The lowest BCUT2D eigenvalue weighted by atomic mass is 9.82. The van der Waals surface area contributed by atoms with Gasteiger partial charge in [0.2, 0.25) is 0 Å². The van der Waals surface area contributed by atoms with E-state index in [2.05, 4.69) is 0 Å². The van der Waals surface area contributed by atoms with Gasteiger partial charge in [-0.05, 0) is 18.4 Å². The van der Waals surface area contributed by atoms with Gasteiger partial charge in [-0.25, -0.2) is 0 Å². The second-order valence-corrected chi connectivity index (χ2v) is 5.47. The second kappa shape index (κ2) is 6.24. The van der Waals surface area contributed by atoms with Gasteiger partial charge in [0.05, 0.1) is 0 Å². The first-order valence-electron chi connectivity index (χ1n) is 6.54. The Morgan fingerprint density at radius 3 is 2.56 bits per heavy atom. The lowest BCUT2D eigenvalue weighted by Crippen LogP contribution is -2.29. The smallest absolute Gasteiger partial charge is 0.303 e. The molecule has 2 nitrogen and oxygen atoms in total. The van der Waals surface area contributed by atoms with Gasteiger partial charge in [0.25, 0.3) is 0 Å². The molecule has 1 aromatic rings. The topological polar surface area (TPSA) is 26.3 Å². The third-order valence-electron chi connectivity index (χ3n) is 3.54. The number of carbonyl (C=O) groups is 1. The Bertz CT molecular complexity index is 391. The Kier molecular flexibility index (Phi) is 4.65. The summed E-state index contributed by atoms with van der Waals surface area (Å²) in [5, 5.41) is 0.100. The Balaban J connectivity index is 2.21. The SMILES string of the molecule is CC(=O)O[C@@H](c1ccccc1)[C@H]1CCCC[C@@H]1Cl. The molecule has 1 fully saturated rings. The minimum Gasteiger partial charge on any atom is -0.457 e. The van der Waals surface area contributed by atoms with Crippen molar-refractivity contribution in [1.29, 1.82) is 0 Å². The summed E-state index contributed by atoms with van der Waals surface area (Å²) in [6, 6.07) is 9.92. The van der Waals surface area contributed by atoms with E-state index in [0.717, 1.165) is 18.4 Å². The Morgan fingerprint density at radius 2 is 1.94 bits per heavy atom. The number of benzene rings is 1. The number of halogens is 1. The number of carbonyl (C=O) groups excluding carboxylic acids is 1. The van der Waals surface area contributed by atoms with Crippen LogP contribution in [0.3, 0.4) is 0 Å². The highest BCUT2D eigenvalue weighted by Gasteiger charge is 2.33. The van der Waals surface area contributed by atoms with Crippen LogP contribution in [0, 0.1) is 5.92 Å². The third kappa shape index (κ3) is 3.26. The molecule has 3 atom stereocenters. The number of hydrogen-bond donors (Lipinski definition) is 0. The number of ether oxygens (including phenoxy) is 1. The van der Waals surface area contributed by atoms with Gasteiger partial charge in [-0.2, -0.15) is 0 Å². The molecule has 18 heavy (non-hydrogen) atoms. The predicted octanol–water partition coefficient (Wildman–Crippen LogP) is 4.09. The largest absolute Gasteiger partial charge is 0.457 e. The molecule has 0 radical (unpaired) electrons.